The van der Waals surface area contributed by atoms with E-state index in [0.717, 1.165) is 64.2 Å². The molecule has 2 aromatic rings. The SMILES string of the molecule is Cc1cc(S(=O)(=O)c2ccc(OC(=O)C3CCCCC3)c(C)c2)ccc1OC(=O)C1CCCCC1. The first-order valence-electron chi connectivity index (χ1n) is 12.7. The van der Waals surface area contributed by atoms with Gasteiger partial charge in [-0.25, -0.2) is 8.42 Å². The van der Waals surface area contributed by atoms with Gasteiger partial charge in [0.05, 0.1) is 21.6 Å². The number of sulfone groups is 1. The largest absolute Gasteiger partial charge is 0.426 e. The number of carbonyl (C=O) groups is 2. The Morgan fingerprint density at radius 2 is 1.03 bits per heavy atom. The number of benzene rings is 2. The molecule has 0 unspecified atom stereocenters. The average molecular weight is 499 g/mol. The Balaban J connectivity index is 1.47. The summed E-state index contributed by atoms with van der Waals surface area (Å²) < 4.78 is 37.8. The molecule has 0 spiro atoms. The minimum atomic E-state index is -3.80. The van der Waals surface area contributed by atoms with Gasteiger partial charge in [-0.15, -0.1) is 0 Å². The Morgan fingerprint density at radius 1 is 0.657 bits per heavy atom. The molecule has 0 aliphatic heterocycles. The number of hydrogen-bond acceptors (Lipinski definition) is 6. The molecule has 0 atom stereocenters. The van der Waals surface area contributed by atoms with Crippen LogP contribution >= 0.6 is 0 Å². The lowest BCUT2D eigenvalue weighted by atomic mass is 9.89. The van der Waals surface area contributed by atoms with Crippen LogP contribution in [0.3, 0.4) is 0 Å². The van der Waals surface area contributed by atoms with Gasteiger partial charge < -0.3 is 9.47 Å². The molecular formula is C28H34O6S. The van der Waals surface area contributed by atoms with Crippen LogP contribution in [0.4, 0.5) is 0 Å². The highest BCUT2D eigenvalue weighted by Crippen LogP contribution is 2.32. The van der Waals surface area contributed by atoms with Gasteiger partial charge in [0.25, 0.3) is 0 Å². The molecule has 35 heavy (non-hydrogen) atoms. The van der Waals surface area contributed by atoms with Gasteiger partial charge >= 0.3 is 11.9 Å². The van der Waals surface area contributed by atoms with Crippen LogP contribution in [0.5, 0.6) is 11.5 Å². The zero-order chi connectivity index (χ0) is 25.0. The predicted octanol–water partition coefficient (Wildman–Crippen LogP) is 6.11. The number of carbonyl (C=O) groups excluding carboxylic acids is 2. The van der Waals surface area contributed by atoms with Gasteiger partial charge in [0.15, 0.2) is 0 Å². The quantitative estimate of drug-likeness (QED) is 0.353. The van der Waals surface area contributed by atoms with E-state index in [9.17, 15) is 18.0 Å². The second kappa shape index (κ2) is 10.9. The molecule has 2 saturated carbocycles. The number of aryl methyl sites for hydroxylation is 2. The molecule has 0 saturated heterocycles. The summed E-state index contributed by atoms with van der Waals surface area (Å²) in [5.41, 5.74) is 1.18. The highest BCUT2D eigenvalue weighted by molar-refractivity contribution is 7.91. The van der Waals surface area contributed by atoms with E-state index in [1.807, 2.05) is 0 Å². The van der Waals surface area contributed by atoms with Crippen LogP contribution in [0.15, 0.2) is 46.2 Å². The van der Waals surface area contributed by atoms with Crippen molar-refractivity contribution in [3.63, 3.8) is 0 Å². The summed E-state index contributed by atoms with van der Waals surface area (Å²) >= 11 is 0. The van der Waals surface area contributed by atoms with Crippen LogP contribution in [-0.4, -0.2) is 20.4 Å². The summed E-state index contributed by atoms with van der Waals surface area (Å²) in [6, 6.07) is 9.11. The molecule has 0 amide bonds. The molecule has 0 N–H and O–H groups in total. The number of rotatable bonds is 6. The Kier molecular flexibility index (Phi) is 7.95. The molecule has 7 heteroatoms. The fraction of sp³-hybridized carbons (Fsp3) is 0.500. The van der Waals surface area contributed by atoms with E-state index in [1.165, 1.54) is 24.3 Å². The number of hydrogen-bond donors (Lipinski definition) is 0. The maximum atomic E-state index is 13.3. The highest BCUT2D eigenvalue weighted by Gasteiger charge is 2.26. The van der Waals surface area contributed by atoms with Crippen molar-refractivity contribution in [2.24, 2.45) is 11.8 Å². The number of esters is 2. The summed E-state index contributed by atoms with van der Waals surface area (Å²) in [5, 5.41) is 0. The third kappa shape index (κ3) is 5.95. The second-order valence-corrected chi connectivity index (χ2v) is 11.8. The van der Waals surface area contributed by atoms with E-state index in [-0.39, 0.29) is 33.6 Å². The predicted molar refractivity (Wildman–Crippen MR) is 132 cm³/mol. The van der Waals surface area contributed by atoms with Crippen LogP contribution < -0.4 is 9.47 Å². The van der Waals surface area contributed by atoms with Crippen LogP contribution in [-0.2, 0) is 19.4 Å². The molecule has 2 aromatic carbocycles. The van der Waals surface area contributed by atoms with Gasteiger partial charge in [-0.1, -0.05) is 38.5 Å². The summed E-state index contributed by atoms with van der Waals surface area (Å²) in [5.74, 6) is 0.136. The Bertz CT molecular complexity index is 1100. The molecule has 0 heterocycles. The summed E-state index contributed by atoms with van der Waals surface area (Å²) in [7, 11) is -3.80. The van der Waals surface area contributed by atoms with Crippen molar-refractivity contribution in [3.8, 4) is 11.5 Å². The second-order valence-electron chi connectivity index (χ2n) is 9.87. The van der Waals surface area contributed by atoms with Gasteiger partial charge in [-0.2, -0.15) is 0 Å². The van der Waals surface area contributed by atoms with E-state index in [0.29, 0.717) is 22.6 Å². The van der Waals surface area contributed by atoms with Gasteiger partial charge in [0, 0.05) is 0 Å². The molecule has 0 radical (unpaired) electrons. The zero-order valence-electron chi connectivity index (χ0n) is 20.5. The fourth-order valence-corrected chi connectivity index (χ4v) is 6.43. The third-order valence-corrected chi connectivity index (χ3v) is 8.96. The van der Waals surface area contributed by atoms with Crippen molar-refractivity contribution in [1.29, 1.82) is 0 Å². The first kappa shape index (κ1) is 25.4. The highest BCUT2D eigenvalue weighted by atomic mass is 32.2. The Morgan fingerprint density at radius 3 is 1.37 bits per heavy atom. The first-order valence-corrected chi connectivity index (χ1v) is 14.1. The Labute approximate surface area is 207 Å². The third-order valence-electron chi connectivity index (χ3n) is 7.21. The topological polar surface area (TPSA) is 86.7 Å². The van der Waals surface area contributed by atoms with Crippen LogP contribution in [0, 0.1) is 25.7 Å². The molecule has 2 fully saturated rings. The smallest absolute Gasteiger partial charge is 0.314 e. The van der Waals surface area contributed by atoms with Gasteiger partial charge in [0.2, 0.25) is 9.84 Å². The minimum Gasteiger partial charge on any atom is -0.426 e. The van der Waals surface area contributed by atoms with E-state index < -0.39 is 9.84 Å². The lowest BCUT2D eigenvalue weighted by molar-refractivity contribution is -0.140. The molecular weight excluding hydrogens is 464 g/mol. The van der Waals surface area contributed by atoms with Crippen LogP contribution in [0.2, 0.25) is 0 Å². The van der Waals surface area contributed by atoms with Crippen molar-refractivity contribution in [3.05, 3.63) is 47.5 Å². The lowest BCUT2D eigenvalue weighted by Crippen LogP contribution is -2.23. The molecule has 0 bridgehead atoms. The standard InChI is InChI=1S/C28H34O6S/c1-19-17-23(13-15-25(19)33-27(29)21-9-5-3-6-10-21)35(31,32)24-14-16-26(20(2)18-24)34-28(30)22-11-7-4-8-12-22/h13-18,21-22H,3-12H2,1-2H3. The zero-order valence-corrected chi connectivity index (χ0v) is 21.4. The van der Waals surface area contributed by atoms with Crippen LogP contribution in [0.25, 0.3) is 0 Å². The maximum absolute atomic E-state index is 13.3. The van der Waals surface area contributed by atoms with Crippen molar-refractivity contribution in [2.45, 2.75) is 87.8 Å². The van der Waals surface area contributed by atoms with E-state index in [1.54, 1.807) is 26.0 Å². The van der Waals surface area contributed by atoms with Crippen molar-refractivity contribution >= 4 is 21.8 Å². The van der Waals surface area contributed by atoms with E-state index >= 15 is 0 Å². The summed E-state index contributed by atoms with van der Waals surface area (Å²) in [6.45, 7) is 3.48. The van der Waals surface area contributed by atoms with Gasteiger partial charge in [-0.3, -0.25) is 9.59 Å². The maximum Gasteiger partial charge on any atom is 0.314 e. The van der Waals surface area contributed by atoms with Crippen LogP contribution in [0.1, 0.15) is 75.3 Å². The van der Waals surface area contributed by atoms with Gasteiger partial charge in [0.1, 0.15) is 11.5 Å². The molecule has 2 aliphatic rings. The number of ether oxygens (including phenoxy) is 2. The normalized spacial score (nSPS) is 17.7. The van der Waals surface area contributed by atoms with Crippen molar-refractivity contribution < 1.29 is 27.5 Å². The van der Waals surface area contributed by atoms with Gasteiger partial charge in [-0.05, 0) is 87.1 Å². The first-order chi connectivity index (χ1) is 16.8. The van der Waals surface area contributed by atoms with E-state index in [2.05, 4.69) is 0 Å². The minimum absolute atomic E-state index is 0.0831. The molecule has 0 aromatic heterocycles. The molecule has 6 nitrogen and oxygen atoms in total. The monoisotopic (exact) mass is 498 g/mol. The Hall–Kier alpha value is -2.67. The molecule has 4 rings (SSSR count). The lowest BCUT2D eigenvalue weighted by Gasteiger charge is -2.20. The van der Waals surface area contributed by atoms with E-state index in [4.69, 9.17) is 9.47 Å². The molecule has 2 aliphatic carbocycles. The van der Waals surface area contributed by atoms with Crippen molar-refractivity contribution in [2.75, 3.05) is 0 Å². The van der Waals surface area contributed by atoms with Crippen molar-refractivity contribution in [1.82, 2.24) is 0 Å². The molecule has 188 valence electrons. The average Bonchev–Trinajstić information content (AvgIpc) is 2.87. The fourth-order valence-electron chi connectivity index (χ4n) is 5.00. The summed E-state index contributed by atoms with van der Waals surface area (Å²) in [6.07, 6.45) is 9.82. The summed E-state index contributed by atoms with van der Waals surface area (Å²) in [4.78, 5) is 25.2.